The van der Waals surface area contributed by atoms with Crippen molar-refractivity contribution in [1.29, 1.82) is 0 Å². The highest BCUT2D eigenvalue weighted by Crippen LogP contribution is 2.25. The van der Waals surface area contributed by atoms with Gasteiger partial charge in [-0.1, -0.05) is 6.92 Å². The van der Waals surface area contributed by atoms with Crippen molar-refractivity contribution < 1.29 is 9.53 Å². The van der Waals surface area contributed by atoms with Gasteiger partial charge in [0.05, 0.1) is 25.0 Å². The van der Waals surface area contributed by atoms with E-state index in [1.54, 1.807) is 7.11 Å². The highest BCUT2D eigenvalue weighted by atomic mass is 16.5. The Hall–Kier alpha value is -2.34. The largest absolute Gasteiger partial charge is 0.497 e. The van der Waals surface area contributed by atoms with E-state index in [1.807, 2.05) is 29.2 Å². The Morgan fingerprint density at radius 2 is 1.96 bits per heavy atom. The number of aromatic amines is 1. The van der Waals surface area contributed by atoms with Gasteiger partial charge in [-0.2, -0.15) is 0 Å². The minimum absolute atomic E-state index is 0.0497. The highest BCUT2D eigenvalue weighted by Gasteiger charge is 2.28. The van der Waals surface area contributed by atoms with E-state index in [1.165, 1.54) is 12.8 Å². The molecule has 1 amide bonds. The molecule has 6 nitrogen and oxygen atoms in total. The second-order valence-electron chi connectivity index (χ2n) is 7.66. The summed E-state index contributed by atoms with van der Waals surface area (Å²) in [5.74, 6) is 2.00. The Bertz CT molecular complexity index is 793. The summed E-state index contributed by atoms with van der Waals surface area (Å²) in [5, 5.41) is 0. The third kappa shape index (κ3) is 3.86. The molecule has 0 saturated carbocycles. The minimum Gasteiger partial charge on any atom is -0.497 e. The Morgan fingerprint density at radius 1 is 1.22 bits per heavy atom. The van der Waals surface area contributed by atoms with Gasteiger partial charge in [-0.25, -0.2) is 4.98 Å². The number of ether oxygens (including phenoxy) is 1. The number of carbonyl (C=O) groups excluding carboxylic acids is 1. The van der Waals surface area contributed by atoms with Crippen molar-refractivity contribution in [3.05, 3.63) is 35.7 Å². The SMILES string of the molecule is COc1ccc(-c2nc3c([nH]2)CN(C(=O)C(C)CN2CCCC2)CC3)cc1. The van der Waals surface area contributed by atoms with Crippen molar-refractivity contribution in [1.82, 2.24) is 19.8 Å². The number of amides is 1. The molecule has 144 valence electrons. The zero-order chi connectivity index (χ0) is 18.8. The quantitative estimate of drug-likeness (QED) is 0.881. The summed E-state index contributed by atoms with van der Waals surface area (Å²) >= 11 is 0. The number of likely N-dealkylation sites (tertiary alicyclic amines) is 1. The standard InChI is InChI=1S/C21H28N4O2/c1-15(13-24-10-3-4-11-24)21(26)25-12-9-18-19(14-25)23-20(22-18)16-5-7-17(27-2)8-6-16/h5-8,15H,3-4,9-14H2,1-2H3,(H,22,23). The molecule has 0 bridgehead atoms. The van der Waals surface area contributed by atoms with Crippen molar-refractivity contribution in [2.45, 2.75) is 32.7 Å². The van der Waals surface area contributed by atoms with Gasteiger partial charge in [-0.3, -0.25) is 4.79 Å². The lowest BCUT2D eigenvalue weighted by atomic mass is 10.1. The molecule has 0 spiro atoms. The van der Waals surface area contributed by atoms with Crippen LogP contribution >= 0.6 is 0 Å². The van der Waals surface area contributed by atoms with Gasteiger partial charge in [0, 0.05) is 31.0 Å². The van der Waals surface area contributed by atoms with Crippen LogP contribution < -0.4 is 4.74 Å². The highest BCUT2D eigenvalue weighted by molar-refractivity contribution is 5.79. The zero-order valence-electron chi connectivity index (χ0n) is 16.2. The average Bonchev–Trinajstić information content (AvgIpc) is 3.36. The normalized spacial score (nSPS) is 18.4. The number of rotatable bonds is 5. The molecule has 0 radical (unpaired) electrons. The van der Waals surface area contributed by atoms with Crippen LogP contribution in [0.2, 0.25) is 0 Å². The zero-order valence-corrected chi connectivity index (χ0v) is 16.2. The minimum atomic E-state index is 0.0497. The molecule has 1 saturated heterocycles. The first kappa shape index (κ1) is 18.0. The lowest BCUT2D eigenvalue weighted by Gasteiger charge is -2.30. The summed E-state index contributed by atoms with van der Waals surface area (Å²) in [6.07, 6.45) is 3.33. The van der Waals surface area contributed by atoms with Gasteiger partial charge in [0.15, 0.2) is 0 Å². The van der Waals surface area contributed by atoms with Crippen LogP contribution in [0.15, 0.2) is 24.3 Å². The molecular formula is C21H28N4O2. The van der Waals surface area contributed by atoms with Gasteiger partial charge in [0.2, 0.25) is 5.91 Å². The van der Waals surface area contributed by atoms with E-state index in [-0.39, 0.29) is 11.8 Å². The van der Waals surface area contributed by atoms with E-state index in [2.05, 4.69) is 16.8 Å². The lowest BCUT2D eigenvalue weighted by molar-refractivity contribution is -0.136. The maximum absolute atomic E-state index is 12.9. The lowest BCUT2D eigenvalue weighted by Crippen LogP contribution is -2.42. The Kier molecular flexibility index (Phi) is 5.16. The van der Waals surface area contributed by atoms with Gasteiger partial charge in [0.25, 0.3) is 0 Å². The molecule has 4 rings (SSSR count). The fraction of sp³-hybridized carbons (Fsp3) is 0.524. The Morgan fingerprint density at radius 3 is 2.67 bits per heavy atom. The molecule has 1 fully saturated rings. The van der Waals surface area contributed by atoms with Crippen LogP contribution in [0.5, 0.6) is 5.75 Å². The first-order valence-electron chi connectivity index (χ1n) is 9.87. The molecule has 2 aliphatic heterocycles. The van der Waals surface area contributed by atoms with Crippen molar-refractivity contribution >= 4 is 5.91 Å². The first-order valence-corrected chi connectivity index (χ1v) is 9.87. The van der Waals surface area contributed by atoms with Gasteiger partial charge < -0.3 is 19.5 Å². The molecule has 6 heteroatoms. The van der Waals surface area contributed by atoms with E-state index in [4.69, 9.17) is 9.72 Å². The van der Waals surface area contributed by atoms with Gasteiger partial charge in [0.1, 0.15) is 11.6 Å². The van der Waals surface area contributed by atoms with Crippen LogP contribution in [-0.2, 0) is 17.8 Å². The number of imidazole rings is 1. The van der Waals surface area contributed by atoms with Gasteiger partial charge in [-0.15, -0.1) is 0 Å². The number of hydrogen-bond donors (Lipinski definition) is 1. The van der Waals surface area contributed by atoms with Crippen molar-refractivity contribution in [2.24, 2.45) is 5.92 Å². The molecule has 3 heterocycles. The number of benzene rings is 1. The Labute approximate surface area is 160 Å². The second-order valence-corrected chi connectivity index (χ2v) is 7.66. The summed E-state index contributed by atoms with van der Waals surface area (Å²) in [4.78, 5) is 25.5. The summed E-state index contributed by atoms with van der Waals surface area (Å²) in [6.45, 7) is 6.58. The third-order valence-electron chi connectivity index (χ3n) is 5.66. The fourth-order valence-electron chi connectivity index (χ4n) is 4.11. The van der Waals surface area contributed by atoms with Gasteiger partial charge >= 0.3 is 0 Å². The summed E-state index contributed by atoms with van der Waals surface area (Å²) in [5.41, 5.74) is 3.18. The number of H-pyrrole nitrogens is 1. The molecule has 0 aliphatic carbocycles. The maximum Gasteiger partial charge on any atom is 0.227 e. The van der Waals surface area contributed by atoms with E-state index in [9.17, 15) is 4.79 Å². The number of aromatic nitrogens is 2. The van der Waals surface area contributed by atoms with E-state index in [0.717, 1.165) is 61.1 Å². The van der Waals surface area contributed by atoms with Crippen molar-refractivity contribution in [3.8, 4) is 17.1 Å². The molecule has 1 N–H and O–H groups in total. The fourth-order valence-corrected chi connectivity index (χ4v) is 4.11. The predicted molar refractivity (Wildman–Crippen MR) is 105 cm³/mol. The average molecular weight is 368 g/mol. The van der Waals surface area contributed by atoms with Crippen LogP contribution in [0.25, 0.3) is 11.4 Å². The molecule has 1 aromatic carbocycles. The number of fused-ring (bicyclic) bond motifs is 1. The molecule has 1 aromatic heterocycles. The topological polar surface area (TPSA) is 61.5 Å². The van der Waals surface area contributed by atoms with Crippen LogP contribution in [0.3, 0.4) is 0 Å². The molecule has 2 aromatic rings. The molecule has 27 heavy (non-hydrogen) atoms. The number of nitrogens with zero attached hydrogens (tertiary/aromatic N) is 3. The summed E-state index contributed by atoms with van der Waals surface area (Å²) in [6, 6.07) is 7.88. The van der Waals surface area contributed by atoms with E-state index < -0.39 is 0 Å². The predicted octanol–water partition coefficient (Wildman–Crippen LogP) is 2.70. The molecule has 1 unspecified atom stereocenters. The number of carbonyl (C=O) groups is 1. The summed E-state index contributed by atoms with van der Waals surface area (Å²) < 4.78 is 5.22. The second kappa shape index (κ2) is 7.72. The van der Waals surface area contributed by atoms with Crippen LogP contribution in [0.4, 0.5) is 0 Å². The number of methoxy groups -OCH3 is 1. The van der Waals surface area contributed by atoms with Crippen LogP contribution in [0.1, 0.15) is 31.2 Å². The number of hydrogen-bond acceptors (Lipinski definition) is 4. The number of nitrogens with one attached hydrogen (secondary N) is 1. The van der Waals surface area contributed by atoms with Crippen LogP contribution in [-0.4, -0.2) is 59.0 Å². The maximum atomic E-state index is 12.9. The van der Waals surface area contributed by atoms with Crippen LogP contribution in [0, 0.1) is 5.92 Å². The molecule has 2 aliphatic rings. The molecular weight excluding hydrogens is 340 g/mol. The monoisotopic (exact) mass is 368 g/mol. The summed E-state index contributed by atoms with van der Waals surface area (Å²) in [7, 11) is 1.66. The van der Waals surface area contributed by atoms with Gasteiger partial charge in [-0.05, 0) is 50.2 Å². The van der Waals surface area contributed by atoms with Crippen molar-refractivity contribution in [2.75, 3.05) is 33.3 Å². The smallest absolute Gasteiger partial charge is 0.227 e. The van der Waals surface area contributed by atoms with E-state index >= 15 is 0 Å². The third-order valence-corrected chi connectivity index (χ3v) is 5.66. The van der Waals surface area contributed by atoms with Crippen molar-refractivity contribution in [3.63, 3.8) is 0 Å². The van der Waals surface area contributed by atoms with E-state index in [0.29, 0.717) is 6.54 Å². The Balaban J connectivity index is 1.43. The molecule has 1 atom stereocenters. The first-order chi connectivity index (χ1) is 13.1.